The first-order chi connectivity index (χ1) is 6.70. The van der Waals surface area contributed by atoms with Gasteiger partial charge in [0.05, 0.1) is 5.69 Å². The van der Waals surface area contributed by atoms with Crippen molar-refractivity contribution in [2.24, 2.45) is 5.84 Å². The van der Waals surface area contributed by atoms with Gasteiger partial charge in [0.2, 0.25) is 0 Å². The summed E-state index contributed by atoms with van der Waals surface area (Å²) in [5, 5.41) is 9.84. The molecule has 0 aliphatic heterocycles. The van der Waals surface area contributed by atoms with Crippen molar-refractivity contribution in [1.29, 1.82) is 0 Å². The molecule has 1 aromatic rings. The van der Waals surface area contributed by atoms with Crippen molar-refractivity contribution >= 4 is 5.69 Å². The van der Waals surface area contributed by atoms with Crippen LogP contribution in [0.1, 0.15) is 11.1 Å². The van der Waals surface area contributed by atoms with Crippen molar-refractivity contribution in [1.82, 2.24) is 0 Å². The summed E-state index contributed by atoms with van der Waals surface area (Å²) in [5.74, 6) is 8.10. The number of rotatable bonds is 3. The van der Waals surface area contributed by atoms with E-state index in [1.54, 1.807) is 25.2 Å². The van der Waals surface area contributed by atoms with Gasteiger partial charge in [-0.2, -0.15) is 0 Å². The third-order valence-electron chi connectivity index (χ3n) is 1.90. The predicted octanol–water partition coefficient (Wildman–Crippen LogP) is 0.967. The van der Waals surface area contributed by atoms with Gasteiger partial charge in [-0.3, -0.25) is 5.26 Å². The van der Waals surface area contributed by atoms with E-state index < -0.39 is 0 Å². The normalized spacial score (nSPS) is 9.57. The maximum atomic E-state index is 8.42. The standard InChI is InChI=1S/C10H12N2O2/c1-3-8-5-4-6-10(12(2)11)9(8)7-14-13/h1,4-6,13H,7,11H2,2H3. The highest BCUT2D eigenvalue weighted by Crippen LogP contribution is 2.21. The third-order valence-corrected chi connectivity index (χ3v) is 1.90. The highest BCUT2D eigenvalue weighted by atomic mass is 17.1. The number of benzene rings is 1. The number of anilines is 1. The molecule has 0 atom stereocenters. The minimum atomic E-state index is 0.0250. The molecule has 3 N–H and O–H groups in total. The summed E-state index contributed by atoms with van der Waals surface area (Å²) >= 11 is 0. The first-order valence-electron chi connectivity index (χ1n) is 4.04. The third kappa shape index (κ3) is 2.03. The molecule has 1 rings (SSSR count). The van der Waals surface area contributed by atoms with Gasteiger partial charge in [-0.05, 0) is 12.1 Å². The number of hydrogen-bond donors (Lipinski definition) is 2. The minimum Gasteiger partial charge on any atom is -0.314 e. The largest absolute Gasteiger partial charge is 0.314 e. The Bertz CT molecular complexity index is 356. The molecule has 4 heteroatoms. The smallest absolute Gasteiger partial charge is 0.110 e. The van der Waals surface area contributed by atoms with Crippen LogP contribution < -0.4 is 10.9 Å². The minimum absolute atomic E-state index is 0.0250. The quantitative estimate of drug-likeness (QED) is 0.324. The molecule has 0 heterocycles. The fraction of sp³-hybridized carbons (Fsp3) is 0.200. The fourth-order valence-electron chi connectivity index (χ4n) is 1.26. The van der Waals surface area contributed by atoms with Crippen LogP contribution >= 0.6 is 0 Å². The van der Waals surface area contributed by atoms with E-state index in [9.17, 15) is 0 Å². The molecule has 4 nitrogen and oxygen atoms in total. The summed E-state index contributed by atoms with van der Waals surface area (Å²) in [6.07, 6.45) is 5.30. The summed E-state index contributed by atoms with van der Waals surface area (Å²) in [6, 6.07) is 5.37. The molecule has 0 aromatic heterocycles. The topological polar surface area (TPSA) is 58.7 Å². The second-order valence-electron chi connectivity index (χ2n) is 2.83. The van der Waals surface area contributed by atoms with Crippen molar-refractivity contribution < 1.29 is 10.1 Å². The molecule has 0 amide bonds. The number of hydrazine groups is 1. The lowest BCUT2D eigenvalue weighted by Gasteiger charge is -2.17. The summed E-state index contributed by atoms with van der Waals surface area (Å²) in [5.41, 5.74) is 2.09. The molecule has 14 heavy (non-hydrogen) atoms. The maximum Gasteiger partial charge on any atom is 0.110 e. The molecule has 0 spiro atoms. The Balaban J connectivity index is 3.22. The number of terminal acetylenes is 1. The van der Waals surface area contributed by atoms with Crippen LogP contribution in [0.15, 0.2) is 18.2 Å². The van der Waals surface area contributed by atoms with Crippen molar-refractivity contribution in [3.63, 3.8) is 0 Å². The van der Waals surface area contributed by atoms with E-state index in [0.29, 0.717) is 11.1 Å². The Hall–Kier alpha value is -1.54. The van der Waals surface area contributed by atoms with E-state index in [-0.39, 0.29) is 6.61 Å². The van der Waals surface area contributed by atoms with Gasteiger partial charge in [0, 0.05) is 18.2 Å². The lowest BCUT2D eigenvalue weighted by molar-refractivity contribution is -0.252. The Kier molecular flexibility index (Phi) is 3.48. The van der Waals surface area contributed by atoms with E-state index in [4.69, 9.17) is 17.5 Å². The molecule has 0 unspecified atom stereocenters. The summed E-state index contributed by atoms with van der Waals surface area (Å²) in [7, 11) is 1.69. The van der Waals surface area contributed by atoms with Gasteiger partial charge >= 0.3 is 0 Å². The van der Waals surface area contributed by atoms with Crippen molar-refractivity contribution in [2.45, 2.75) is 6.61 Å². The van der Waals surface area contributed by atoms with E-state index >= 15 is 0 Å². The SMILES string of the molecule is C#Cc1cccc(N(C)N)c1COO. The first-order valence-corrected chi connectivity index (χ1v) is 4.04. The monoisotopic (exact) mass is 192 g/mol. The average molecular weight is 192 g/mol. The Morgan fingerprint density at radius 1 is 1.64 bits per heavy atom. The van der Waals surface area contributed by atoms with Gasteiger partial charge in [-0.15, -0.1) is 6.42 Å². The van der Waals surface area contributed by atoms with Gasteiger partial charge in [0.1, 0.15) is 6.61 Å². The molecule has 74 valence electrons. The zero-order valence-electron chi connectivity index (χ0n) is 7.90. The summed E-state index contributed by atoms with van der Waals surface area (Å²) < 4.78 is 0. The van der Waals surface area contributed by atoms with Crippen molar-refractivity contribution in [3.8, 4) is 12.3 Å². The molecule has 1 aromatic carbocycles. The molecule has 0 fully saturated rings. The molecule has 0 aliphatic carbocycles. The van der Waals surface area contributed by atoms with Crippen molar-refractivity contribution in [3.05, 3.63) is 29.3 Å². The van der Waals surface area contributed by atoms with Crippen LogP contribution in [0.25, 0.3) is 0 Å². The molecular formula is C10H12N2O2. The Morgan fingerprint density at radius 2 is 2.36 bits per heavy atom. The van der Waals surface area contributed by atoms with Crippen LogP contribution in [0.2, 0.25) is 0 Å². The highest BCUT2D eigenvalue weighted by molar-refractivity contribution is 5.59. The van der Waals surface area contributed by atoms with E-state index in [2.05, 4.69) is 10.8 Å². The maximum absolute atomic E-state index is 8.42. The zero-order valence-corrected chi connectivity index (χ0v) is 7.90. The van der Waals surface area contributed by atoms with Crippen LogP contribution in [-0.4, -0.2) is 12.3 Å². The summed E-state index contributed by atoms with van der Waals surface area (Å²) in [6.45, 7) is 0.0250. The second-order valence-corrected chi connectivity index (χ2v) is 2.83. The molecule has 0 saturated carbocycles. The van der Waals surface area contributed by atoms with Gasteiger partial charge < -0.3 is 5.01 Å². The molecular weight excluding hydrogens is 180 g/mol. The molecule has 0 saturated heterocycles. The number of hydrogen-bond acceptors (Lipinski definition) is 4. The first kappa shape index (κ1) is 10.5. The van der Waals surface area contributed by atoms with Gasteiger partial charge in [-0.25, -0.2) is 10.7 Å². The lowest BCUT2D eigenvalue weighted by atomic mass is 10.1. The zero-order chi connectivity index (χ0) is 10.6. The van der Waals surface area contributed by atoms with E-state index in [0.717, 1.165) is 5.69 Å². The van der Waals surface area contributed by atoms with Gasteiger partial charge in [0.25, 0.3) is 0 Å². The highest BCUT2D eigenvalue weighted by Gasteiger charge is 2.08. The molecule has 0 aliphatic rings. The predicted molar refractivity (Wildman–Crippen MR) is 54.4 cm³/mol. The molecule has 0 bridgehead atoms. The van der Waals surface area contributed by atoms with E-state index in [1.807, 2.05) is 0 Å². The van der Waals surface area contributed by atoms with E-state index in [1.165, 1.54) is 5.01 Å². The Labute approximate surface area is 82.8 Å². The van der Waals surface area contributed by atoms with Gasteiger partial charge in [0.15, 0.2) is 0 Å². The van der Waals surface area contributed by atoms with Crippen molar-refractivity contribution in [2.75, 3.05) is 12.1 Å². The van der Waals surface area contributed by atoms with Crippen LogP contribution in [0.4, 0.5) is 5.69 Å². The van der Waals surface area contributed by atoms with Crippen LogP contribution in [0, 0.1) is 12.3 Å². The fourth-order valence-corrected chi connectivity index (χ4v) is 1.26. The second kappa shape index (κ2) is 4.63. The van der Waals surface area contributed by atoms with Crippen LogP contribution in [0.5, 0.6) is 0 Å². The molecule has 0 radical (unpaired) electrons. The summed E-state index contributed by atoms with van der Waals surface area (Å²) in [4.78, 5) is 4.08. The number of nitrogens with zero attached hydrogens (tertiary/aromatic N) is 1. The van der Waals surface area contributed by atoms with Crippen LogP contribution in [-0.2, 0) is 11.5 Å². The average Bonchev–Trinajstić information content (AvgIpc) is 2.18. The lowest BCUT2D eigenvalue weighted by Crippen LogP contribution is -2.26. The van der Waals surface area contributed by atoms with Crippen LogP contribution in [0.3, 0.4) is 0 Å². The number of nitrogens with two attached hydrogens (primary N) is 1. The Morgan fingerprint density at radius 3 is 2.86 bits per heavy atom. The van der Waals surface area contributed by atoms with Gasteiger partial charge in [-0.1, -0.05) is 12.0 Å².